The van der Waals surface area contributed by atoms with Crippen molar-refractivity contribution in [3.63, 3.8) is 0 Å². The standard InChI is InChI=1S/C39H51NO7/c1-9-30(29-22-26(4)37(45-8)27(5)23-29)38(41)40-21-13-12-15-32(40)39(42)47-34(31-14-10-11-16-33(31)46-25(2)3)19-17-28-18-20-35(43-6)36(24-28)44-7/h10-11,14,16,18,20,22-25,30,32,34H,9,12-13,15,17,19,21H2,1-8H3/t30-,32-,34+/m0/s1. The van der Waals surface area contributed by atoms with E-state index in [-0.39, 0.29) is 23.9 Å². The van der Waals surface area contributed by atoms with Crippen LogP contribution in [0.3, 0.4) is 0 Å². The van der Waals surface area contributed by atoms with Crippen molar-refractivity contribution in [3.05, 3.63) is 82.4 Å². The first-order chi connectivity index (χ1) is 22.6. The van der Waals surface area contributed by atoms with Gasteiger partial charge in [0.25, 0.3) is 0 Å². The van der Waals surface area contributed by atoms with Gasteiger partial charge in [0.2, 0.25) is 5.91 Å². The zero-order valence-corrected chi connectivity index (χ0v) is 29.3. The number of hydrogen-bond acceptors (Lipinski definition) is 7. The second kappa shape index (κ2) is 16.6. The Kier molecular flexibility index (Phi) is 12.6. The van der Waals surface area contributed by atoms with Crippen LogP contribution in [0.2, 0.25) is 0 Å². The van der Waals surface area contributed by atoms with E-state index in [2.05, 4.69) is 0 Å². The molecule has 0 bridgehead atoms. The summed E-state index contributed by atoms with van der Waals surface area (Å²) in [6.45, 7) is 10.5. The summed E-state index contributed by atoms with van der Waals surface area (Å²) in [6, 6.07) is 16.9. The van der Waals surface area contributed by atoms with Crippen LogP contribution in [-0.2, 0) is 20.7 Å². The van der Waals surface area contributed by atoms with Gasteiger partial charge in [0.15, 0.2) is 11.5 Å². The topological polar surface area (TPSA) is 83.5 Å². The number of esters is 1. The van der Waals surface area contributed by atoms with Gasteiger partial charge in [-0.15, -0.1) is 0 Å². The maximum Gasteiger partial charge on any atom is 0.329 e. The molecule has 47 heavy (non-hydrogen) atoms. The summed E-state index contributed by atoms with van der Waals surface area (Å²) in [5, 5.41) is 0. The normalized spacial score (nSPS) is 15.9. The summed E-state index contributed by atoms with van der Waals surface area (Å²) < 4.78 is 29.1. The van der Waals surface area contributed by atoms with Crippen LogP contribution in [0.15, 0.2) is 54.6 Å². The number of benzene rings is 3. The van der Waals surface area contributed by atoms with Crippen molar-refractivity contribution >= 4 is 11.9 Å². The largest absolute Gasteiger partial charge is 0.496 e. The van der Waals surface area contributed by atoms with E-state index in [4.69, 9.17) is 23.7 Å². The number of rotatable bonds is 14. The molecule has 1 saturated heterocycles. The molecule has 4 rings (SSSR count). The minimum atomic E-state index is -0.660. The molecule has 3 aromatic carbocycles. The van der Waals surface area contributed by atoms with E-state index in [0.717, 1.165) is 46.4 Å². The molecule has 3 aromatic rings. The highest BCUT2D eigenvalue weighted by molar-refractivity contribution is 5.89. The molecule has 1 aliphatic rings. The molecule has 0 aliphatic carbocycles. The van der Waals surface area contributed by atoms with Crippen molar-refractivity contribution in [1.82, 2.24) is 4.90 Å². The molecule has 1 fully saturated rings. The molecule has 0 aromatic heterocycles. The molecule has 0 spiro atoms. The quantitative estimate of drug-likeness (QED) is 0.165. The Bertz CT molecular complexity index is 1490. The number of ether oxygens (including phenoxy) is 5. The molecule has 0 unspecified atom stereocenters. The third-order valence-electron chi connectivity index (χ3n) is 8.88. The Morgan fingerprint density at radius 2 is 1.57 bits per heavy atom. The minimum Gasteiger partial charge on any atom is -0.496 e. The van der Waals surface area contributed by atoms with E-state index in [9.17, 15) is 9.59 Å². The van der Waals surface area contributed by atoms with Gasteiger partial charge in [0.1, 0.15) is 23.6 Å². The maximum absolute atomic E-state index is 14.2. The molecule has 0 radical (unpaired) electrons. The number of para-hydroxylation sites is 1. The van der Waals surface area contributed by atoms with Crippen LogP contribution in [0.1, 0.15) is 92.7 Å². The van der Waals surface area contributed by atoms with E-state index in [1.807, 2.05) is 89.2 Å². The number of amides is 1. The first kappa shape index (κ1) is 35.7. The fourth-order valence-corrected chi connectivity index (χ4v) is 6.64. The van der Waals surface area contributed by atoms with Gasteiger partial charge in [-0.3, -0.25) is 4.79 Å². The predicted molar refractivity (Wildman–Crippen MR) is 184 cm³/mol. The summed E-state index contributed by atoms with van der Waals surface area (Å²) >= 11 is 0. The van der Waals surface area contributed by atoms with Crippen molar-refractivity contribution in [2.75, 3.05) is 27.9 Å². The highest BCUT2D eigenvalue weighted by Gasteiger charge is 2.38. The monoisotopic (exact) mass is 645 g/mol. The first-order valence-electron chi connectivity index (χ1n) is 16.7. The van der Waals surface area contributed by atoms with Crippen LogP contribution < -0.4 is 18.9 Å². The molecule has 0 saturated carbocycles. The Morgan fingerprint density at radius 1 is 0.872 bits per heavy atom. The van der Waals surface area contributed by atoms with Gasteiger partial charge in [0, 0.05) is 12.1 Å². The third-order valence-corrected chi connectivity index (χ3v) is 8.88. The molecule has 8 heteroatoms. The van der Waals surface area contributed by atoms with Gasteiger partial charge >= 0.3 is 5.97 Å². The van der Waals surface area contributed by atoms with E-state index in [1.165, 1.54) is 0 Å². The van der Waals surface area contributed by atoms with Crippen molar-refractivity contribution in [2.45, 2.75) is 97.3 Å². The van der Waals surface area contributed by atoms with E-state index in [1.54, 1.807) is 26.2 Å². The Hall–Kier alpha value is -4.20. The second-order valence-corrected chi connectivity index (χ2v) is 12.5. The predicted octanol–water partition coefficient (Wildman–Crippen LogP) is 7.91. The molecule has 1 heterocycles. The fourth-order valence-electron chi connectivity index (χ4n) is 6.64. The van der Waals surface area contributed by atoms with E-state index in [0.29, 0.717) is 49.5 Å². The smallest absolute Gasteiger partial charge is 0.329 e. The molecule has 3 atom stereocenters. The van der Waals surface area contributed by atoms with Crippen LogP contribution >= 0.6 is 0 Å². The van der Waals surface area contributed by atoms with Crippen LogP contribution in [-0.4, -0.2) is 56.8 Å². The Balaban J connectivity index is 1.62. The van der Waals surface area contributed by atoms with Crippen molar-refractivity contribution < 1.29 is 33.3 Å². The molecule has 1 aliphatic heterocycles. The molecular weight excluding hydrogens is 594 g/mol. The molecule has 1 amide bonds. The summed E-state index contributed by atoms with van der Waals surface area (Å²) in [4.78, 5) is 30.1. The first-order valence-corrected chi connectivity index (χ1v) is 16.7. The number of piperidine rings is 1. The lowest BCUT2D eigenvalue weighted by Gasteiger charge is -2.37. The van der Waals surface area contributed by atoms with Gasteiger partial charge in [-0.2, -0.15) is 0 Å². The zero-order valence-electron chi connectivity index (χ0n) is 29.3. The molecule has 254 valence electrons. The van der Waals surface area contributed by atoms with Gasteiger partial charge < -0.3 is 28.6 Å². The number of carbonyl (C=O) groups excluding carboxylic acids is 2. The molecule has 0 N–H and O–H groups in total. The van der Waals surface area contributed by atoms with Gasteiger partial charge in [-0.1, -0.05) is 43.3 Å². The zero-order chi connectivity index (χ0) is 34.1. The van der Waals surface area contributed by atoms with Crippen LogP contribution in [0, 0.1) is 13.8 Å². The van der Waals surface area contributed by atoms with Gasteiger partial charge in [-0.05, 0) is 107 Å². The summed E-state index contributed by atoms with van der Waals surface area (Å²) in [6.07, 6.45) is 3.38. The van der Waals surface area contributed by atoms with E-state index >= 15 is 0 Å². The number of methoxy groups -OCH3 is 3. The average molecular weight is 646 g/mol. The number of likely N-dealkylation sites (tertiary alicyclic amines) is 1. The SMILES string of the molecule is CC[C@H](C(=O)N1CCCC[C@H]1C(=O)O[C@H](CCc1ccc(OC)c(OC)c1)c1ccccc1OC(C)C)c1cc(C)c(OC)c(C)c1. The highest BCUT2D eigenvalue weighted by Crippen LogP contribution is 2.36. The number of hydrogen-bond donors (Lipinski definition) is 0. The lowest BCUT2D eigenvalue weighted by molar-refractivity contribution is -0.162. The van der Waals surface area contributed by atoms with Crippen LogP contribution in [0.5, 0.6) is 23.0 Å². The molecular formula is C39H51NO7. The number of carbonyl (C=O) groups is 2. The molecule has 8 nitrogen and oxygen atoms in total. The Labute approximate surface area is 280 Å². The average Bonchev–Trinajstić information content (AvgIpc) is 3.06. The van der Waals surface area contributed by atoms with E-state index < -0.39 is 12.1 Å². The van der Waals surface area contributed by atoms with Crippen LogP contribution in [0.25, 0.3) is 0 Å². The highest BCUT2D eigenvalue weighted by atomic mass is 16.5. The lowest BCUT2D eigenvalue weighted by atomic mass is 9.90. The minimum absolute atomic E-state index is 0.0384. The fraction of sp³-hybridized carbons (Fsp3) is 0.487. The van der Waals surface area contributed by atoms with Crippen molar-refractivity contribution in [3.8, 4) is 23.0 Å². The second-order valence-electron chi connectivity index (χ2n) is 12.5. The summed E-state index contributed by atoms with van der Waals surface area (Å²) in [7, 11) is 4.89. The summed E-state index contributed by atoms with van der Waals surface area (Å²) in [5.41, 5.74) is 4.75. The van der Waals surface area contributed by atoms with Crippen molar-refractivity contribution in [2.24, 2.45) is 0 Å². The maximum atomic E-state index is 14.2. The Morgan fingerprint density at radius 3 is 2.21 bits per heavy atom. The van der Waals surface area contributed by atoms with Crippen LogP contribution in [0.4, 0.5) is 0 Å². The van der Waals surface area contributed by atoms with Crippen molar-refractivity contribution in [1.29, 1.82) is 0 Å². The third kappa shape index (κ3) is 8.59. The van der Waals surface area contributed by atoms with Gasteiger partial charge in [-0.25, -0.2) is 4.79 Å². The number of aryl methyl sites for hydroxylation is 3. The lowest BCUT2D eigenvalue weighted by Crippen LogP contribution is -2.50. The summed E-state index contributed by atoms with van der Waals surface area (Å²) in [5.74, 6) is 2.02. The number of nitrogens with zero attached hydrogens (tertiary/aromatic N) is 1. The van der Waals surface area contributed by atoms with Gasteiger partial charge in [0.05, 0.1) is 33.4 Å².